The highest BCUT2D eigenvalue weighted by molar-refractivity contribution is 9.10. The fourth-order valence-electron chi connectivity index (χ4n) is 2.16. The molecule has 0 saturated carbocycles. The zero-order valence-corrected chi connectivity index (χ0v) is 13.1. The van der Waals surface area contributed by atoms with Crippen LogP contribution in [0.15, 0.2) is 40.9 Å². The molecule has 0 saturated heterocycles. The quantitative estimate of drug-likeness (QED) is 0.797. The van der Waals surface area contributed by atoms with Crippen LogP contribution in [-0.2, 0) is 0 Å². The van der Waals surface area contributed by atoms with Crippen molar-refractivity contribution in [1.82, 2.24) is 5.32 Å². The van der Waals surface area contributed by atoms with E-state index in [4.69, 9.17) is 0 Å². The third-order valence-corrected chi connectivity index (χ3v) is 3.85. The monoisotopic (exact) mass is 357 g/mol. The minimum absolute atomic E-state index is 0.204. The fourth-order valence-corrected chi connectivity index (χ4v) is 2.73. The lowest BCUT2D eigenvalue weighted by Gasteiger charge is -2.21. The highest BCUT2D eigenvalue weighted by Crippen LogP contribution is 2.31. The predicted octanol–water partition coefficient (Wildman–Crippen LogP) is 4.96. The van der Waals surface area contributed by atoms with Crippen LogP contribution in [0.4, 0.5) is 13.2 Å². The molecule has 112 valence electrons. The Labute approximate surface area is 130 Å². The lowest BCUT2D eigenvalue weighted by atomic mass is 9.97. The van der Waals surface area contributed by atoms with Gasteiger partial charge in [-0.15, -0.1) is 0 Å². The van der Waals surface area contributed by atoms with Gasteiger partial charge in [-0.2, -0.15) is 0 Å². The largest absolute Gasteiger partial charge is 0.306 e. The second-order valence-electron chi connectivity index (χ2n) is 4.70. The van der Waals surface area contributed by atoms with Crippen LogP contribution >= 0.6 is 15.9 Å². The Bertz CT molecular complexity index is 631. The minimum atomic E-state index is -0.894. The SMILES string of the molecule is CCCNC(c1ccc(F)cc1Br)c1cccc(F)c1F. The summed E-state index contributed by atoms with van der Waals surface area (Å²) >= 11 is 3.28. The van der Waals surface area contributed by atoms with Gasteiger partial charge in [0.25, 0.3) is 0 Å². The molecule has 0 fully saturated rings. The Hall–Kier alpha value is -1.33. The Morgan fingerprint density at radius 3 is 2.52 bits per heavy atom. The molecule has 0 amide bonds. The summed E-state index contributed by atoms with van der Waals surface area (Å²) in [5, 5.41) is 3.17. The van der Waals surface area contributed by atoms with Gasteiger partial charge in [-0.25, -0.2) is 13.2 Å². The van der Waals surface area contributed by atoms with E-state index in [0.29, 0.717) is 16.6 Å². The summed E-state index contributed by atoms with van der Waals surface area (Å²) in [5.74, 6) is -2.17. The predicted molar refractivity (Wildman–Crippen MR) is 80.6 cm³/mol. The van der Waals surface area contributed by atoms with E-state index in [1.807, 2.05) is 6.92 Å². The molecule has 21 heavy (non-hydrogen) atoms. The highest BCUT2D eigenvalue weighted by Gasteiger charge is 2.21. The van der Waals surface area contributed by atoms with Gasteiger partial charge in [0, 0.05) is 10.0 Å². The summed E-state index contributed by atoms with van der Waals surface area (Å²) < 4.78 is 41.3. The van der Waals surface area contributed by atoms with E-state index >= 15 is 0 Å². The lowest BCUT2D eigenvalue weighted by molar-refractivity contribution is 0.479. The van der Waals surface area contributed by atoms with E-state index in [2.05, 4.69) is 21.2 Å². The van der Waals surface area contributed by atoms with Gasteiger partial charge in [0.05, 0.1) is 6.04 Å². The second-order valence-corrected chi connectivity index (χ2v) is 5.55. The maximum Gasteiger partial charge on any atom is 0.163 e. The van der Waals surface area contributed by atoms with Crippen LogP contribution in [0.5, 0.6) is 0 Å². The lowest BCUT2D eigenvalue weighted by Crippen LogP contribution is -2.24. The molecule has 0 bridgehead atoms. The first-order valence-corrected chi connectivity index (χ1v) is 7.46. The number of hydrogen-bond acceptors (Lipinski definition) is 1. The summed E-state index contributed by atoms with van der Waals surface area (Å²) in [4.78, 5) is 0. The van der Waals surface area contributed by atoms with Gasteiger partial charge in [-0.3, -0.25) is 0 Å². The third-order valence-electron chi connectivity index (χ3n) is 3.16. The zero-order valence-electron chi connectivity index (χ0n) is 11.5. The van der Waals surface area contributed by atoms with Crippen LogP contribution in [0, 0.1) is 17.5 Å². The molecule has 0 spiro atoms. The van der Waals surface area contributed by atoms with Crippen molar-refractivity contribution < 1.29 is 13.2 Å². The summed E-state index contributed by atoms with van der Waals surface area (Å²) in [5.41, 5.74) is 0.866. The Kier molecular flexibility index (Phi) is 5.42. The molecule has 5 heteroatoms. The van der Waals surface area contributed by atoms with Crippen molar-refractivity contribution in [3.8, 4) is 0 Å². The van der Waals surface area contributed by atoms with Crippen molar-refractivity contribution in [2.24, 2.45) is 0 Å². The third kappa shape index (κ3) is 3.66. The maximum atomic E-state index is 14.1. The minimum Gasteiger partial charge on any atom is -0.306 e. The average molecular weight is 358 g/mol. The van der Waals surface area contributed by atoms with Gasteiger partial charge in [-0.1, -0.05) is 41.1 Å². The van der Waals surface area contributed by atoms with Crippen molar-refractivity contribution in [2.45, 2.75) is 19.4 Å². The van der Waals surface area contributed by atoms with Gasteiger partial charge in [0.2, 0.25) is 0 Å². The van der Waals surface area contributed by atoms with Crippen LogP contribution in [-0.4, -0.2) is 6.54 Å². The van der Waals surface area contributed by atoms with Crippen molar-refractivity contribution in [3.63, 3.8) is 0 Å². The van der Waals surface area contributed by atoms with Crippen LogP contribution in [0.25, 0.3) is 0 Å². The van der Waals surface area contributed by atoms with Crippen molar-refractivity contribution in [3.05, 3.63) is 69.4 Å². The first-order chi connectivity index (χ1) is 10.0. The molecule has 0 aliphatic heterocycles. The number of hydrogen-bond donors (Lipinski definition) is 1. The van der Waals surface area contributed by atoms with Crippen molar-refractivity contribution in [1.29, 1.82) is 0 Å². The first-order valence-electron chi connectivity index (χ1n) is 6.66. The van der Waals surface area contributed by atoms with Gasteiger partial charge in [0.1, 0.15) is 5.82 Å². The summed E-state index contributed by atoms with van der Waals surface area (Å²) in [7, 11) is 0. The van der Waals surface area contributed by atoms with Gasteiger partial charge < -0.3 is 5.32 Å². The smallest absolute Gasteiger partial charge is 0.163 e. The Morgan fingerprint density at radius 2 is 1.86 bits per heavy atom. The van der Waals surface area contributed by atoms with Crippen LogP contribution in [0.1, 0.15) is 30.5 Å². The summed E-state index contributed by atoms with van der Waals surface area (Å²) in [6.07, 6.45) is 0.840. The van der Waals surface area contributed by atoms with Crippen LogP contribution in [0.3, 0.4) is 0 Å². The van der Waals surface area contributed by atoms with E-state index in [0.717, 1.165) is 12.5 Å². The molecule has 0 radical (unpaired) electrons. The van der Waals surface area contributed by atoms with Gasteiger partial charge in [-0.05, 0) is 36.7 Å². The number of halogens is 4. The van der Waals surface area contributed by atoms with E-state index in [-0.39, 0.29) is 11.4 Å². The van der Waals surface area contributed by atoms with Gasteiger partial charge in [0.15, 0.2) is 11.6 Å². The molecule has 2 aromatic carbocycles. The van der Waals surface area contributed by atoms with E-state index in [9.17, 15) is 13.2 Å². The molecule has 0 heterocycles. The van der Waals surface area contributed by atoms with Crippen LogP contribution < -0.4 is 5.32 Å². The van der Waals surface area contributed by atoms with Gasteiger partial charge >= 0.3 is 0 Å². The number of nitrogens with one attached hydrogen (secondary N) is 1. The van der Waals surface area contributed by atoms with Crippen molar-refractivity contribution in [2.75, 3.05) is 6.54 Å². The Morgan fingerprint density at radius 1 is 1.10 bits per heavy atom. The Balaban J connectivity index is 2.49. The topological polar surface area (TPSA) is 12.0 Å². The summed E-state index contributed by atoms with van der Waals surface area (Å²) in [6, 6.07) is 7.71. The molecular weight excluding hydrogens is 343 g/mol. The molecular formula is C16H15BrF3N. The molecule has 2 rings (SSSR count). The molecule has 1 nitrogen and oxygen atoms in total. The van der Waals surface area contributed by atoms with Crippen molar-refractivity contribution >= 4 is 15.9 Å². The number of rotatable bonds is 5. The highest BCUT2D eigenvalue weighted by atomic mass is 79.9. The molecule has 1 atom stereocenters. The molecule has 2 aromatic rings. The van der Waals surface area contributed by atoms with E-state index in [1.165, 1.54) is 24.3 Å². The maximum absolute atomic E-state index is 14.1. The normalized spacial score (nSPS) is 12.4. The van der Waals surface area contributed by atoms with E-state index in [1.54, 1.807) is 6.07 Å². The molecule has 1 unspecified atom stereocenters. The standard InChI is InChI=1S/C16H15BrF3N/c1-2-8-21-16(11-7-6-10(18)9-13(11)17)12-4-3-5-14(19)15(12)20/h3-7,9,16,21H,2,8H2,1H3. The molecule has 0 aliphatic rings. The second kappa shape index (κ2) is 7.09. The molecule has 0 aliphatic carbocycles. The number of benzene rings is 2. The molecule has 1 N–H and O–H groups in total. The zero-order chi connectivity index (χ0) is 15.4. The average Bonchev–Trinajstić information content (AvgIpc) is 2.45. The first kappa shape index (κ1) is 16.0. The fraction of sp³-hybridized carbons (Fsp3) is 0.250. The summed E-state index contributed by atoms with van der Waals surface area (Å²) in [6.45, 7) is 2.61. The van der Waals surface area contributed by atoms with Crippen LogP contribution in [0.2, 0.25) is 0 Å². The molecule has 0 aromatic heterocycles. The van der Waals surface area contributed by atoms with E-state index < -0.39 is 17.7 Å².